The van der Waals surface area contributed by atoms with E-state index in [1.54, 1.807) is 6.92 Å². The fourth-order valence-electron chi connectivity index (χ4n) is 6.30. The highest BCUT2D eigenvalue weighted by atomic mass is 17.2. The standard InChI is InChI=1S/C24H40O4/c1-16-8-7-9-20-23(16,5)13-10-17(2)24(20,6)15-14-22(4)12-11-19(27-28-22)18(3)21(25)26/h17-20H,1,7-15H2,2-6H3,(H,25,26)/t17-,18+,19-,20+,22-,23+,24+/m0/s1. The number of carboxylic acids is 1. The lowest BCUT2D eigenvalue weighted by molar-refractivity contribution is -0.412. The Labute approximate surface area is 171 Å². The van der Waals surface area contributed by atoms with E-state index < -0.39 is 11.9 Å². The molecule has 3 aliphatic rings. The molecule has 4 heteroatoms. The van der Waals surface area contributed by atoms with E-state index in [9.17, 15) is 9.90 Å². The summed E-state index contributed by atoms with van der Waals surface area (Å²) in [5, 5.41) is 9.21. The Morgan fingerprint density at radius 2 is 1.93 bits per heavy atom. The van der Waals surface area contributed by atoms with Crippen molar-refractivity contribution in [1.29, 1.82) is 0 Å². The molecule has 2 saturated carbocycles. The number of hydrogen-bond acceptors (Lipinski definition) is 3. The molecule has 0 aromatic carbocycles. The number of hydrogen-bond donors (Lipinski definition) is 1. The van der Waals surface area contributed by atoms with Crippen molar-refractivity contribution < 1.29 is 19.7 Å². The van der Waals surface area contributed by atoms with Crippen molar-refractivity contribution in [2.75, 3.05) is 0 Å². The predicted octanol–water partition coefficient (Wildman–Crippen LogP) is 6.16. The molecule has 3 rings (SSSR count). The Balaban J connectivity index is 1.67. The first-order valence-electron chi connectivity index (χ1n) is 11.3. The van der Waals surface area contributed by atoms with Gasteiger partial charge in [0.2, 0.25) is 0 Å². The van der Waals surface area contributed by atoms with E-state index in [4.69, 9.17) is 9.78 Å². The fourth-order valence-corrected chi connectivity index (χ4v) is 6.30. The Morgan fingerprint density at radius 1 is 1.21 bits per heavy atom. The van der Waals surface area contributed by atoms with E-state index in [1.165, 1.54) is 37.7 Å². The van der Waals surface area contributed by atoms with E-state index in [0.717, 1.165) is 25.7 Å². The van der Waals surface area contributed by atoms with Crippen molar-refractivity contribution in [2.24, 2.45) is 28.6 Å². The monoisotopic (exact) mass is 392 g/mol. The maximum absolute atomic E-state index is 11.2. The molecule has 0 spiro atoms. The minimum atomic E-state index is -0.822. The van der Waals surface area contributed by atoms with E-state index >= 15 is 0 Å². The van der Waals surface area contributed by atoms with Crippen LogP contribution in [0.3, 0.4) is 0 Å². The van der Waals surface area contributed by atoms with Crippen molar-refractivity contribution in [1.82, 2.24) is 0 Å². The fraction of sp³-hybridized carbons (Fsp3) is 0.875. The summed E-state index contributed by atoms with van der Waals surface area (Å²) in [5.74, 6) is 0.0363. The van der Waals surface area contributed by atoms with Gasteiger partial charge in [-0.05, 0) is 94.3 Å². The van der Waals surface area contributed by atoms with E-state index in [0.29, 0.717) is 11.8 Å². The summed E-state index contributed by atoms with van der Waals surface area (Å²) < 4.78 is 0. The molecule has 3 fully saturated rings. The van der Waals surface area contributed by atoms with Gasteiger partial charge < -0.3 is 5.11 Å². The topological polar surface area (TPSA) is 55.8 Å². The zero-order valence-electron chi connectivity index (χ0n) is 18.6. The van der Waals surface area contributed by atoms with Gasteiger partial charge in [-0.3, -0.25) is 4.79 Å². The molecule has 1 heterocycles. The van der Waals surface area contributed by atoms with Gasteiger partial charge in [-0.15, -0.1) is 0 Å². The van der Waals surface area contributed by atoms with Crippen LogP contribution >= 0.6 is 0 Å². The van der Waals surface area contributed by atoms with Gasteiger partial charge >= 0.3 is 5.97 Å². The summed E-state index contributed by atoms with van der Waals surface area (Å²) in [6.45, 7) is 15.7. The molecule has 0 radical (unpaired) electrons. The van der Waals surface area contributed by atoms with Crippen LogP contribution in [-0.2, 0) is 14.6 Å². The van der Waals surface area contributed by atoms with Crippen LogP contribution in [0.15, 0.2) is 12.2 Å². The highest BCUT2D eigenvalue weighted by molar-refractivity contribution is 5.70. The molecule has 0 aromatic rings. The van der Waals surface area contributed by atoms with Crippen LogP contribution in [0.5, 0.6) is 0 Å². The third-order valence-corrected chi connectivity index (χ3v) is 9.04. The first-order valence-corrected chi connectivity index (χ1v) is 11.3. The molecule has 28 heavy (non-hydrogen) atoms. The second kappa shape index (κ2) is 7.75. The molecule has 1 N–H and O–H groups in total. The minimum Gasteiger partial charge on any atom is -0.481 e. The minimum absolute atomic E-state index is 0.284. The zero-order valence-corrected chi connectivity index (χ0v) is 18.6. The summed E-state index contributed by atoms with van der Waals surface area (Å²) in [5.41, 5.74) is 1.72. The molecule has 0 aromatic heterocycles. The maximum atomic E-state index is 11.2. The molecular formula is C24H40O4. The van der Waals surface area contributed by atoms with Crippen molar-refractivity contribution >= 4 is 5.97 Å². The van der Waals surface area contributed by atoms with Gasteiger partial charge in [-0.25, -0.2) is 9.78 Å². The lowest BCUT2D eigenvalue weighted by Gasteiger charge is -2.59. The van der Waals surface area contributed by atoms with Crippen LogP contribution in [0.25, 0.3) is 0 Å². The van der Waals surface area contributed by atoms with Crippen LogP contribution < -0.4 is 0 Å². The van der Waals surface area contributed by atoms with E-state index in [2.05, 4.69) is 34.3 Å². The normalized spacial score (nSPS) is 45.3. The molecule has 7 atom stereocenters. The maximum Gasteiger partial charge on any atom is 0.308 e. The van der Waals surface area contributed by atoms with Crippen LogP contribution in [0, 0.1) is 28.6 Å². The molecule has 4 nitrogen and oxygen atoms in total. The van der Waals surface area contributed by atoms with Crippen LogP contribution in [0.1, 0.15) is 92.4 Å². The smallest absolute Gasteiger partial charge is 0.308 e. The second-order valence-corrected chi connectivity index (χ2v) is 10.7. The zero-order chi connectivity index (χ0) is 20.7. The van der Waals surface area contributed by atoms with Gasteiger partial charge in [0.1, 0.15) is 11.7 Å². The lowest BCUT2D eigenvalue weighted by atomic mass is 9.46. The van der Waals surface area contributed by atoms with Gasteiger partial charge in [0.15, 0.2) is 0 Å². The summed E-state index contributed by atoms with van der Waals surface area (Å²) in [4.78, 5) is 22.6. The third-order valence-electron chi connectivity index (χ3n) is 9.04. The van der Waals surface area contributed by atoms with Crippen molar-refractivity contribution in [3.8, 4) is 0 Å². The molecule has 1 aliphatic heterocycles. The van der Waals surface area contributed by atoms with Crippen LogP contribution in [0.2, 0.25) is 0 Å². The number of fused-ring (bicyclic) bond motifs is 1. The highest BCUT2D eigenvalue weighted by Gasteiger charge is 2.54. The van der Waals surface area contributed by atoms with Gasteiger partial charge in [-0.1, -0.05) is 32.9 Å². The molecule has 1 saturated heterocycles. The first-order chi connectivity index (χ1) is 13.0. The molecule has 2 aliphatic carbocycles. The summed E-state index contributed by atoms with van der Waals surface area (Å²) in [6, 6.07) is 0. The number of allylic oxidation sites excluding steroid dienone is 1. The third kappa shape index (κ3) is 3.79. The number of carboxylic acid groups (broad SMARTS) is 1. The number of aliphatic carboxylic acids is 1. The Kier molecular flexibility index (Phi) is 6.05. The predicted molar refractivity (Wildman–Crippen MR) is 111 cm³/mol. The summed E-state index contributed by atoms with van der Waals surface area (Å²) in [6.07, 6.45) is 9.66. The quantitative estimate of drug-likeness (QED) is 0.450. The van der Waals surface area contributed by atoms with Crippen molar-refractivity contribution in [3.05, 3.63) is 12.2 Å². The van der Waals surface area contributed by atoms with E-state index in [-0.39, 0.29) is 22.5 Å². The SMILES string of the molecule is C=C1CCC[C@H]2[C@](C)(CC[C@]3(C)CC[C@@H]([C@@H](C)C(=O)O)OO3)[C@@H](C)CC[C@]12C. The van der Waals surface area contributed by atoms with Crippen LogP contribution in [-0.4, -0.2) is 22.8 Å². The summed E-state index contributed by atoms with van der Waals surface area (Å²) >= 11 is 0. The largest absolute Gasteiger partial charge is 0.481 e. The molecular weight excluding hydrogens is 352 g/mol. The van der Waals surface area contributed by atoms with Gasteiger partial charge in [0.05, 0.1) is 5.92 Å². The highest BCUT2D eigenvalue weighted by Crippen LogP contribution is 2.63. The van der Waals surface area contributed by atoms with Gasteiger partial charge in [0, 0.05) is 0 Å². The van der Waals surface area contributed by atoms with Gasteiger partial charge in [0.25, 0.3) is 0 Å². The second-order valence-electron chi connectivity index (χ2n) is 10.7. The van der Waals surface area contributed by atoms with Gasteiger partial charge in [-0.2, -0.15) is 0 Å². The van der Waals surface area contributed by atoms with Crippen molar-refractivity contribution in [2.45, 2.75) is 104 Å². The Morgan fingerprint density at radius 3 is 2.54 bits per heavy atom. The van der Waals surface area contributed by atoms with E-state index in [1.807, 2.05) is 0 Å². The Hall–Kier alpha value is -0.870. The molecule has 160 valence electrons. The first kappa shape index (κ1) is 21.8. The Bertz CT molecular complexity index is 606. The number of rotatable bonds is 5. The molecule has 0 unspecified atom stereocenters. The average Bonchev–Trinajstić information content (AvgIpc) is 2.66. The van der Waals surface area contributed by atoms with Crippen molar-refractivity contribution in [3.63, 3.8) is 0 Å². The summed E-state index contributed by atoms with van der Waals surface area (Å²) in [7, 11) is 0. The number of carbonyl (C=O) groups is 1. The van der Waals surface area contributed by atoms with Crippen LogP contribution in [0.4, 0.5) is 0 Å². The lowest BCUT2D eigenvalue weighted by Crippen LogP contribution is -2.51. The molecule has 0 amide bonds. The molecule has 0 bridgehead atoms. The average molecular weight is 393 g/mol.